The smallest absolute Gasteiger partial charge is 0.303 e. The fourth-order valence-corrected chi connectivity index (χ4v) is 1.94. The molecular formula is C14H17N3O2. The van der Waals surface area contributed by atoms with Crippen LogP contribution in [0.3, 0.4) is 0 Å². The maximum atomic E-state index is 10.6. The lowest BCUT2D eigenvalue weighted by Gasteiger charge is -2.08. The Morgan fingerprint density at radius 1 is 1.37 bits per heavy atom. The highest BCUT2D eigenvalue weighted by atomic mass is 16.4. The monoisotopic (exact) mass is 259 g/mol. The number of nitrogen functional groups attached to an aromatic ring is 1. The summed E-state index contributed by atoms with van der Waals surface area (Å²) in [6.07, 6.45) is 0.445. The van der Waals surface area contributed by atoms with Crippen LogP contribution in [0.25, 0.3) is 5.69 Å². The van der Waals surface area contributed by atoms with Gasteiger partial charge >= 0.3 is 5.97 Å². The van der Waals surface area contributed by atoms with E-state index in [0.717, 1.165) is 16.8 Å². The predicted molar refractivity (Wildman–Crippen MR) is 73.4 cm³/mol. The summed E-state index contributed by atoms with van der Waals surface area (Å²) in [5.41, 5.74) is 9.78. The zero-order chi connectivity index (χ0) is 14.0. The molecule has 5 nitrogen and oxygen atoms in total. The van der Waals surface area contributed by atoms with E-state index in [1.165, 1.54) is 0 Å². The molecule has 100 valence electrons. The zero-order valence-corrected chi connectivity index (χ0v) is 11.1. The maximum Gasteiger partial charge on any atom is 0.303 e. The van der Waals surface area contributed by atoms with E-state index in [-0.39, 0.29) is 6.42 Å². The highest BCUT2D eigenvalue weighted by molar-refractivity contribution is 5.67. The fraction of sp³-hybridized carbons (Fsp3) is 0.286. The Morgan fingerprint density at radius 3 is 2.79 bits per heavy atom. The summed E-state index contributed by atoms with van der Waals surface area (Å²) in [7, 11) is 0. The summed E-state index contributed by atoms with van der Waals surface area (Å²) in [6.45, 7) is 4.00. The summed E-state index contributed by atoms with van der Waals surface area (Å²) in [5, 5.41) is 13.1. The summed E-state index contributed by atoms with van der Waals surface area (Å²) in [5.74, 6) is -0.311. The second-order valence-electron chi connectivity index (χ2n) is 4.66. The van der Waals surface area contributed by atoms with Gasteiger partial charge in [0.05, 0.1) is 17.8 Å². The van der Waals surface area contributed by atoms with E-state index in [1.807, 2.05) is 32.0 Å². The molecule has 0 aliphatic carbocycles. The number of carbonyl (C=O) groups is 1. The highest BCUT2D eigenvalue weighted by Gasteiger charge is 2.10. The minimum absolute atomic E-state index is 0.0588. The molecule has 1 aromatic carbocycles. The molecule has 0 saturated heterocycles. The first-order valence-electron chi connectivity index (χ1n) is 6.11. The number of nitrogens with zero attached hydrogens (tertiary/aromatic N) is 2. The van der Waals surface area contributed by atoms with E-state index < -0.39 is 5.97 Å². The van der Waals surface area contributed by atoms with Crippen molar-refractivity contribution < 1.29 is 9.90 Å². The van der Waals surface area contributed by atoms with Gasteiger partial charge in [-0.05, 0) is 31.0 Å². The molecule has 3 N–H and O–H groups in total. The third-order valence-corrected chi connectivity index (χ3v) is 2.98. The molecule has 5 heteroatoms. The minimum Gasteiger partial charge on any atom is -0.481 e. The zero-order valence-electron chi connectivity index (χ0n) is 11.1. The molecule has 0 radical (unpaired) electrons. The number of hydrogen-bond acceptors (Lipinski definition) is 3. The second kappa shape index (κ2) is 5.14. The molecule has 2 rings (SSSR count). The van der Waals surface area contributed by atoms with Gasteiger partial charge in [0.1, 0.15) is 5.82 Å². The Hall–Kier alpha value is -2.30. The number of aliphatic carboxylic acids is 1. The maximum absolute atomic E-state index is 10.6. The average molecular weight is 259 g/mol. The molecule has 0 bridgehead atoms. The Bertz CT molecular complexity index is 617. The predicted octanol–water partition coefficient (Wildman–Crippen LogP) is 2.09. The van der Waals surface area contributed by atoms with Crippen LogP contribution in [0.5, 0.6) is 0 Å². The SMILES string of the molecule is Cc1ccc(C)c(-n2nc(CCC(=O)O)cc2N)c1. The largest absolute Gasteiger partial charge is 0.481 e. The lowest BCUT2D eigenvalue weighted by atomic mass is 10.1. The van der Waals surface area contributed by atoms with Crippen LogP contribution in [0.1, 0.15) is 23.2 Å². The van der Waals surface area contributed by atoms with E-state index in [1.54, 1.807) is 10.7 Å². The van der Waals surface area contributed by atoms with Gasteiger partial charge in [-0.15, -0.1) is 0 Å². The summed E-state index contributed by atoms with van der Waals surface area (Å²) in [6, 6.07) is 7.79. The first-order valence-corrected chi connectivity index (χ1v) is 6.11. The lowest BCUT2D eigenvalue weighted by Crippen LogP contribution is -2.04. The van der Waals surface area contributed by atoms with E-state index >= 15 is 0 Å². The number of carboxylic acids is 1. The Labute approximate surface area is 111 Å². The van der Waals surface area contributed by atoms with Crippen LogP contribution < -0.4 is 5.73 Å². The van der Waals surface area contributed by atoms with Gasteiger partial charge in [0.2, 0.25) is 0 Å². The topological polar surface area (TPSA) is 81.1 Å². The van der Waals surface area contributed by atoms with Gasteiger partial charge in [-0.25, -0.2) is 4.68 Å². The van der Waals surface area contributed by atoms with Crippen LogP contribution in [0.15, 0.2) is 24.3 Å². The number of hydrogen-bond donors (Lipinski definition) is 2. The molecule has 19 heavy (non-hydrogen) atoms. The van der Waals surface area contributed by atoms with E-state index in [0.29, 0.717) is 17.9 Å². The molecule has 1 aromatic heterocycles. The summed E-state index contributed by atoms with van der Waals surface area (Å²) >= 11 is 0. The number of benzene rings is 1. The third-order valence-electron chi connectivity index (χ3n) is 2.98. The molecule has 0 spiro atoms. The van der Waals surface area contributed by atoms with Gasteiger partial charge in [0, 0.05) is 12.5 Å². The highest BCUT2D eigenvalue weighted by Crippen LogP contribution is 2.20. The number of nitrogens with two attached hydrogens (primary N) is 1. The number of rotatable bonds is 4. The Morgan fingerprint density at radius 2 is 2.11 bits per heavy atom. The van der Waals surface area contributed by atoms with E-state index in [4.69, 9.17) is 10.8 Å². The molecule has 0 unspecified atom stereocenters. The van der Waals surface area contributed by atoms with Crippen molar-refractivity contribution in [1.29, 1.82) is 0 Å². The van der Waals surface area contributed by atoms with Crippen LogP contribution in [0.4, 0.5) is 5.82 Å². The van der Waals surface area contributed by atoms with Crippen LogP contribution in [0.2, 0.25) is 0 Å². The van der Waals surface area contributed by atoms with Crippen molar-refractivity contribution >= 4 is 11.8 Å². The van der Waals surface area contributed by atoms with E-state index in [9.17, 15) is 4.79 Å². The van der Waals surface area contributed by atoms with Crippen molar-refractivity contribution in [3.8, 4) is 5.69 Å². The van der Waals surface area contributed by atoms with Crippen molar-refractivity contribution in [2.45, 2.75) is 26.7 Å². The molecule has 1 heterocycles. The lowest BCUT2D eigenvalue weighted by molar-refractivity contribution is -0.136. The molecule has 0 aliphatic heterocycles. The number of aryl methyl sites for hydroxylation is 3. The first kappa shape index (κ1) is 13.1. The van der Waals surface area contributed by atoms with Gasteiger partial charge in [-0.1, -0.05) is 12.1 Å². The second-order valence-corrected chi connectivity index (χ2v) is 4.66. The molecule has 0 amide bonds. The van der Waals surface area contributed by atoms with E-state index in [2.05, 4.69) is 5.10 Å². The third kappa shape index (κ3) is 2.93. The van der Waals surface area contributed by atoms with Gasteiger partial charge in [-0.3, -0.25) is 4.79 Å². The van der Waals surface area contributed by atoms with Crippen LogP contribution in [-0.4, -0.2) is 20.9 Å². The van der Waals surface area contributed by atoms with Gasteiger partial charge in [0.15, 0.2) is 0 Å². The molecule has 0 atom stereocenters. The normalized spacial score (nSPS) is 10.6. The minimum atomic E-state index is -0.833. The first-order chi connectivity index (χ1) is 8.97. The average Bonchev–Trinajstić information content (AvgIpc) is 2.71. The number of anilines is 1. The Kier molecular flexibility index (Phi) is 3.55. The molecule has 0 fully saturated rings. The van der Waals surface area contributed by atoms with Gasteiger partial charge < -0.3 is 10.8 Å². The number of carboxylic acid groups (broad SMARTS) is 1. The van der Waals surface area contributed by atoms with Crippen molar-refractivity contribution in [3.63, 3.8) is 0 Å². The van der Waals surface area contributed by atoms with Crippen LogP contribution in [0, 0.1) is 13.8 Å². The summed E-state index contributed by atoms with van der Waals surface area (Å²) in [4.78, 5) is 10.6. The van der Waals surface area contributed by atoms with Crippen LogP contribution in [-0.2, 0) is 11.2 Å². The number of aromatic nitrogens is 2. The quantitative estimate of drug-likeness (QED) is 0.880. The Balaban J connectivity index is 2.34. The van der Waals surface area contributed by atoms with Crippen molar-refractivity contribution in [1.82, 2.24) is 9.78 Å². The van der Waals surface area contributed by atoms with Crippen molar-refractivity contribution in [2.24, 2.45) is 0 Å². The molecular weight excluding hydrogens is 242 g/mol. The molecule has 2 aromatic rings. The standard InChI is InChI=1S/C14H17N3O2/c1-9-3-4-10(2)12(7-9)17-13(15)8-11(16-17)5-6-14(18)19/h3-4,7-8H,5-6,15H2,1-2H3,(H,18,19). The van der Waals surface area contributed by atoms with Crippen LogP contribution >= 0.6 is 0 Å². The van der Waals surface area contributed by atoms with Crippen molar-refractivity contribution in [2.75, 3.05) is 5.73 Å². The fourth-order valence-electron chi connectivity index (χ4n) is 1.94. The van der Waals surface area contributed by atoms with Gasteiger partial charge in [-0.2, -0.15) is 5.10 Å². The summed E-state index contributed by atoms with van der Waals surface area (Å²) < 4.78 is 1.67. The molecule has 0 saturated carbocycles. The van der Waals surface area contributed by atoms with Crippen molar-refractivity contribution in [3.05, 3.63) is 41.1 Å². The van der Waals surface area contributed by atoms with Gasteiger partial charge in [0.25, 0.3) is 0 Å². The molecule has 0 aliphatic rings.